The van der Waals surface area contributed by atoms with Crippen LogP contribution in [0.2, 0.25) is 0 Å². The fourth-order valence-corrected chi connectivity index (χ4v) is 9.61. The number of halogens is 6. The number of hydrogen-bond donors (Lipinski definition) is 0. The van der Waals surface area contributed by atoms with Crippen molar-refractivity contribution in [3.05, 3.63) is 60.7 Å². The molecule has 3 unspecified atom stereocenters. The number of hydrogen-bond acceptors (Lipinski definition) is 9. The van der Waals surface area contributed by atoms with Crippen molar-refractivity contribution >= 4 is 93.0 Å². The predicted octanol–water partition coefficient (Wildman–Crippen LogP) is 9.92. The molecule has 346 valence electrons. The molecular formula is C44H61Cl6N5O7. The highest BCUT2D eigenvalue weighted by Crippen LogP contribution is 2.46. The van der Waals surface area contributed by atoms with E-state index < -0.39 is 20.2 Å². The van der Waals surface area contributed by atoms with Crippen molar-refractivity contribution in [1.82, 2.24) is 19.6 Å². The molecule has 18 heteroatoms. The third kappa shape index (κ3) is 11.6. The van der Waals surface area contributed by atoms with Gasteiger partial charge in [-0.05, 0) is 97.5 Å². The van der Waals surface area contributed by atoms with E-state index in [1.165, 1.54) is 6.42 Å². The summed E-state index contributed by atoms with van der Waals surface area (Å²) in [7, 11) is 2.06. The Balaban J connectivity index is 0.000000157. The summed E-state index contributed by atoms with van der Waals surface area (Å²) in [6, 6.07) is 11.1. The largest absolute Gasteiger partial charge is 0.489 e. The summed E-state index contributed by atoms with van der Waals surface area (Å²) < 4.78 is 22.4. The van der Waals surface area contributed by atoms with Crippen molar-refractivity contribution < 1.29 is 33.0 Å². The van der Waals surface area contributed by atoms with Gasteiger partial charge in [0.2, 0.25) is 0 Å². The Morgan fingerprint density at radius 1 is 0.806 bits per heavy atom. The first kappa shape index (κ1) is 50.9. The second kappa shape index (κ2) is 21.0. The van der Waals surface area contributed by atoms with Gasteiger partial charge in [-0.2, -0.15) is 0 Å². The maximum atomic E-state index is 12.2. The van der Waals surface area contributed by atoms with Crippen LogP contribution in [0.4, 0.5) is 5.69 Å². The summed E-state index contributed by atoms with van der Waals surface area (Å²) in [5.41, 5.74) is 0.951. The molecule has 6 aliphatic rings. The topological polar surface area (TPSA) is 108 Å². The molecular weight excluding hydrogens is 923 g/mol. The van der Waals surface area contributed by atoms with E-state index in [1.54, 1.807) is 16.1 Å². The third-order valence-electron chi connectivity index (χ3n) is 12.4. The highest BCUT2D eigenvalue weighted by molar-refractivity contribution is 6.55. The van der Waals surface area contributed by atoms with Crippen LogP contribution in [-0.4, -0.2) is 121 Å². The Morgan fingerprint density at radius 2 is 1.44 bits per heavy atom. The zero-order valence-corrected chi connectivity index (χ0v) is 41.2. The number of anilines is 1. The SMILES string of the molecule is C=C1CCC2(C)N1CC(C)(C)CN2C(=O)C(Cl)Cl.CC1COc2ccccc2N1C(=O)C(Cl)Cl.CN1CC(c2ccco2)OC1(C)C.O=C(C(Cl)Cl)N1CCOC12CCCCC2. The minimum atomic E-state index is -1.05. The minimum Gasteiger partial charge on any atom is -0.489 e. The van der Waals surface area contributed by atoms with Crippen molar-refractivity contribution in [3.63, 3.8) is 0 Å². The number of nitrogens with zero attached hydrogens (tertiary/aromatic N) is 5. The summed E-state index contributed by atoms with van der Waals surface area (Å²) in [5, 5.41) is 0. The van der Waals surface area contributed by atoms with Crippen molar-refractivity contribution in [2.45, 2.75) is 130 Å². The molecule has 1 aromatic carbocycles. The molecule has 1 spiro atoms. The smallest absolute Gasteiger partial charge is 0.260 e. The van der Waals surface area contributed by atoms with Crippen molar-refractivity contribution in [1.29, 1.82) is 0 Å². The van der Waals surface area contributed by atoms with E-state index in [0.717, 1.165) is 68.8 Å². The molecule has 1 aliphatic carbocycles. The number of para-hydroxylation sites is 2. The highest BCUT2D eigenvalue weighted by Gasteiger charge is 2.52. The van der Waals surface area contributed by atoms with E-state index >= 15 is 0 Å². The lowest BCUT2D eigenvalue weighted by Gasteiger charge is -2.55. The Morgan fingerprint density at radius 3 is 2.02 bits per heavy atom. The van der Waals surface area contributed by atoms with Gasteiger partial charge in [-0.1, -0.05) is 109 Å². The van der Waals surface area contributed by atoms with Gasteiger partial charge in [0.15, 0.2) is 14.5 Å². The summed E-state index contributed by atoms with van der Waals surface area (Å²) in [6.45, 7) is 20.7. The molecule has 12 nitrogen and oxygen atoms in total. The molecule has 3 amide bonds. The van der Waals surface area contributed by atoms with E-state index in [9.17, 15) is 14.4 Å². The van der Waals surface area contributed by atoms with Gasteiger partial charge in [0.1, 0.15) is 41.3 Å². The van der Waals surface area contributed by atoms with Crippen LogP contribution in [0.15, 0.2) is 59.4 Å². The molecule has 0 radical (unpaired) electrons. The summed E-state index contributed by atoms with van der Waals surface area (Å²) in [5.74, 6) is 0.873. The van der Waals surface area contributed by atoms with Gasteiger partial charge in [0, 0.05) is 37.3 Å². The number of alkyl halides is 6. The van der Waals surface area contributed by atoms with Crippen LogP contribution in [0.1, 0.15) is 98.4 Å². The van der Waals surface area contributed by atoms with Gasteiger partial charge in [0.05, 0.1) is 24.6 Å². The monoisotopic (exact) mass is 981 g/mol. The summed E-state index contributed by atoms with van der Waals surface area (Å²) >= 11 is 34.1. The quantitative estimate of drug-likeness (QED) is 0.277. The maximum absolute atomic E-state index is 12.2. The average Bonchev–Trinajstić information content (AvgIpc) is 4.02. The van der Waals surface area contributed by atoms with E-state index in [2.05, 4.69) is 58.0 Å². The molecule has 6 heterocycles. The van der Waals surface area contributed by atoms with Crippen molar-refractivity contribution in [2.75, 3.05) is 51.3 Å². The van der Waals surface area contributed by atoms with Crippen LogP contribution in [0.25, 0.3) is 0 Å². The first-order chi connectivity index (χ1) is 29.0. The minimum absolute atomic E-state index is 0.0190. The molecule has 3 atom stereocenters. The first-order valence-corrected chi connectivity index (χ1v) is 23.7. The molecule has 5 aliphatic heterocycles. The Labute approximate surface area is 396 Å². The van der Waals surface area contributed by atoms with Crippen LogP contribution in [-0.2, 0) is 23.9 Å². The summed E-state index contributed by atoms with van der Waals surface area (Å²) in [4.78, 5) is 42.5. The molecule has 1 aromatic heterocycles. The van der Waals surface area contributed by atoms with E-state index in [1.807, 2.05) is 48.2 Å². The standard InChI is InChI=1S/C13H20Cl2N2O.C11H11Cl2NO2.C10H15Cl2NO2.C10H15NO2/c1-9-5-6-13(4)16(9)7-12(2,3)8-17(13)11(18)10(14)15;1-7-6-16-9-5-3-2-4-8(9)14(7)11(15)10(12)13;11-8(12)9(14)13-6-7-15-10(13)4-2-1-3-5-10;1-10(2)11(3)7-9(13-10)8-5-4-6-12-8/h10H,1,5-8H2,2-4H3;2-5,7,10H,6H2,1H3;8H,1-7H2;4-6,9H,7H2,1-3H3. The molecule has 5 fully saturated rings. The van der Waals surface area contributed by atoms with Crippen molar-refractivity contribution in [3.8, 4) is 5.75 Å². The first-order valence-electron chi connectivity index (χ1n) is 21.1. The lowest BCUT2D eigenvalue weighted by molar-refractivity contribution is -0.154. The van der Waals surface area contributed by atoms with Gasteiger partial charge in [0.25, 0.3) is 17.7 Å². The number of furan rings is 1. The number of benzene rings is 1. The fraction of sp³-hybridized carbons (Fsp3) is 0.659. The molecule has 1 saturated carbocycles. The number of allylic oxidation sites excluding steroid dienone is 1. The third-order valence-corrected chi connectivity index (χ3v) is 13.6. The van der Waals surface area contributed by atoms with Crippen LogP contribution in [0.3, 0.4) is 0 Å². The van der Waals surface area contributed by atoms with Gasteiger partial charge >= 0.3 is 0 Å². The van der Waals surface area contributed by atoms with Gasteiger partial charge < -0.3 is 38.2 Å². The molecule has 2 aromatic rings. The molecule has 62 heavy (non-hydrogen) atoms. The Hall–Kier alpha value is -2.13. The number of rotatable bonds is 4. The van der Waals surface area contributed by atoms with Gasteiger partial charge in [-0.3, -0.25) is 19.3 Å². The van der Waals surface area contributed by atoms with E-state index in [-0.39, 0.29) is 46.7 Å². The number of fused-ring (bicyclic) bond motifs is 2. The van der Waals surface area contributed by atoms with Crippen LogP contribution in [0.5, 0.6) is 5.75 Å². The van der Waals surface area contributed by atoms with Gasteiger partial charge in [-0.15, -0.1) is 0 Å². The lowest BCUT2D eigenvalue weighted by Crippen LogP contribution is -2.66. The van der Waals surface area contributed by atoms with E-state index in [4.69, 9.17) is 88.2 Å². The van der Waals surface area contributed by atoms with Crippen LogP contribution < -0.4 is 9.64 Å². The van der Waals surface area contributed by atoms with E-state index in [0.29, 0.717) is 32.1 Å². The number of ether oxygens (including phenoxy) is 3. The maximum Gasteiger partial charge on any atom is 0.260 e. The molecule has 0 N–H and O–H groups in total. The molecule has 8 rings (SSSR count). The highest BCUT2D eigenvalue weighted by atomic mass is 35.5. The number of carbonyl (C=O) groups is 3. The van der Waals surface area contributed by atoms with Gasteiger partial charge in [-0.25, -0.2) is 0 Å². The molecule has 0 bridgehead atoms. The normalized spacial score (nSPS) is 25.9. The summed E-state index contributed by atoms with van der Waals surface area (Å²) in [6.07, 6.45) is 8.86. The van der Waals surface area contributed by atoms with Crippen LogP contribution >= 0.6 is 69.6 Å². The fourth-order valence-electron chi connectivity index (χ4n) is 8.93. The van der Waals surface area contributed by atoms with Crippen molar-refractivity contribution in [2.24, 2.45) is 5.41 Å². The second-order valence-corrected chi connectivity index (χ2v) is 21.3. The number of carbonyl (C=O) groups excluding carboxylic acids is 3. The zero-order chi connectivity index (χ0) is 45.8. The number of amides is 3. The zero-order valence-electron chi connectivity index (χ0n) is 36.7. The Kier molecular flexibility index (Phi) is 17.2. The van der Waals surface area contributed by atoms with Crippen LogP contribution in [0, 0.1) is 5.41 Å². The Bertz CT molecular complexity index is 1860. The lowest BCUT2D eigenvalue weighted by atomic mass is 9.86. The number of likely N-dealkylation sites (N-methyl/N-ethyl adjacent to an activating group) is 1. The second-order valence-electron chi connectivity index (χ2n) is 18.0. The predicted molar refractivity (Wildman–Crippen MR) is 247 cm³/mol. The molecule has 4 saturated heterocycles. The average molecular weight is 985 g/mol.